The first-order valence-electron chi connectivity index (χ1n) is 5.94. The Balaban J connectivity index is 3.02. The largest absolute Gasteiger partial charge is 0.493 e. The van der Waals surface area contributed by atoms with E-state index >= 15 is 0 Å². The maximum Gasteiger partial charge on any atom is 0.164 e. The van der Waals surface area contributed by atoms with E-state index in [9.17, 15) is 0 Å². The van der Waals surface area contributed by atoms with Crippen molar-refractivity contribution in [3.8, 4) is 11.5 Å². The predicted molar refractivity (Wildman–Crippen MR) is 75.7 cm³/mol. The van der Waals surface area contributed by atoms with Gasteiger partial charge in [0.25, 0.3) is 0 Å². The zero-order chi connectivity index (χ0) is 13.5. The van der Waals surface area contributed by atoms with Crippen molar-refractivity contribution in [1.29, 1.82) is 0 Å². The van der Waals surface area contributed by atoms with Crippen LogP contribution < -0.4 is 15.2 Å². The van der Waals surface area contributed by atoms with Gasteiger partial charge in [-0.25, -0.2) is 0 Å². The van der Waals surface area contributed by atoms with Crippen molar-refractivity contribution in [2.75, 3.05) is 13.7 Å². The zero-order valence-corrected chi connectivity index (χ0v) is 11.7. The quantitative estimate of drug-likeness (QED) is 0.611. The first kappa shape index (κ1) is 14.9. The Kier molecular flexibility index (Phi) is 6.02. The lowest BCUT2D eigenvalue weighted by Gasteiger charge is -2.16. The van der Waals surface area contributed by atoms with Gasteiger partial charge in [-0.05, 0) is 25.8 Å². The average Bonchev–Trinajstić information content (AvgIpc) is 2.30. The van der Waals surface area contributed by atoms with Crippen molar-refractivity contribution in [2.45, 2.75) is 25.8 Å². The number of halogens is 1. The van der Waals surface area contributed by atoms with E-state index in [1.807, 2.05) is 19.1 Å². The van der Waals surface area contributed by atoms with E-state index in [-0.39, 0.29) is 6.04 Å². The van der Waals surface area contributed by atoms with Gasteiger partial charge in [-0.1, -0.05) is 17.7 Å². The average molecular weight is 270 g/mol. The summed E-state index contributed by atoms with van der Waals surface area (Å²) in [6.07, 6.45) is 3.29. The third-order valence-electron chi connectivity index (χ3n) is 2.43. The highest BCUT2D eigenvalue weighted by atomic mass is 35.5. The summed E-state index contributed by atoms with van der Waals surface area (Å²) >= 11 is 6.05. The Labute approximate surface area is 114 Å². The zero-order valence-electron chi connectivity index (χ0n) is 10.9. The summed E-state index contributed by atoms with van der Waals surface area (Å²) in [7, 11) is 1.60. The van der Waals surface area contributed by atoms with Crippen LogP contribution in [0.15, 0.2) is 24.8 Å². The minimum absolute atomic E-state index is 0.0370. The molecule has 0 amide bonds. The number of hydrogen-bond acceptors (Lipinski definition) is 3. The van der Waals surface area contributed by atoms with E-state index in [4.69, 9.17) is 26.8 Å². The normalized spacial score (nSPS) is 12.0. The molecule has 0 bridgehead atoms. The molecule has 100 valence electrons. The lowest BCUT2D eigenvalue weighted by atomic mass is 10.1. The highest BCUT2D eigenvalue weighted by Crippen LogP contribution is 2.35. The highest BCUT2D eigenvalue weighted by molar-refractivity contribution is 6.30. The van der Waals surface area contributed by atoms with Crippen molar-refractivity contribution in [2.24, 2.45) is 5.73 Å². The second-order valence-electron chi connectivity index (χ2n) is 4.20. The summed E-state index contributed by atoms with van der Waals surface area (Å²) in [4.78, 5) is 0. The fourth-order valence-electron chi connectivity index (χ4n) is 1.68. The molecule has 0 aliphatic carbocycles. The lowest BCUT2D eigenvalue weighted by molar-refractivity contribution is 0.296. The first-order valence-corrected chi connectivity index (χ1v) is 6.32. The lowest BCUT2D eigenvalue weighted by Crippen LogP contribution is -2.18. The third kappa shape index (κ3) is 4.24. The molecule has 2 N–H and O–H groups in total. The Morgan fingerprint density at radius 3 is 2.78 bits per heavy atom. The number of ether oxygens (including phenoxy) is 2. The number of hydrogen-bond donors (Lipinski definition) is 1. The van der Waals surface area contributed by atoms with Crippen LogP contribution in [-0.2, 0) is 6.42 Å². The van der Waals surface area contributed by atoms with Gasteiger partial charge in [0, 0.05) is 22.7 Å². The molecule has 0 aliphatic heterocycles. The van der Waals surface area contributed by atoms with E-state index < -0.39 is 0 Å². The fraction of sp³-hybridized carbons (Fsp3) is 0.429. The van der Waals surface area contributed by atoms with Crippen LogP contribution >= 0.6 is 11.6 Å². The van der Waals surface area contributed by atoms with E-state index in [0.717, 1.165) is 17.7 Å². The summed E-state index contributed by atoms with van der Waals surface area (Å²) in [6, 6.07) is 3.65. The van der Waals surface area contributed by atoms with Gasteiger partial charge in [-0.15, -0.1) is 6.58 Å². The summed E-state index contributed by atoms with van der Waals surface area (Å²) in [5, 5.41) is 0.624. The standard InChI is InChI=1S/C14H20ClNO2/c1-4-5-6-18-14-11(7-10(2)16)8-12(15)9-13(14)17-3/h4,8-10H,1,5-7,16H2,2-3H3. The molecule has 1 rings (SSSR count). The Morgan fingerprint density at radius 2 is 2.22 bits per heavy atom. The molecule has 0 aliphatic rings. The van der Waals surface area contributed by atoms with Crippen LogP contribution in [0.2, 0.25) is 5.02 Å². The van der Waals surface area contributed by atoms with Crippen molar-refractivity contribution in [3.05, 3.63) is 35.4 Å². The maximum absolute atomic E-state index is 6.05. The van der Waals surface area contributed by atoms with Crippen LogP contribution in [0.4, 0.5) is 0 Å². The highest BCUT2D eigenvalue weighted by Gasteiger charge is 2.14. The molecule has 1 atom stereocenters. The summed E-state index contributed by atoms with van der Waals surface area (Å²) in [5.74, 6) is 1.36. The first-order chi connectivity index (χ1) is 8.58. The number of benzene rings is 1. The molecule has 0 heterocycles. The second kappa shape index (κ2) is 7.29. The number of nitrogens with two attached hydrogens (primary N) is 1. The van der Waals surface area contributed by atoms with Gasteiger partial charge < -0.3 is 15.2 Å². The number of methoxy groups -OCH3 is 1. The summed E-state index contributed by atoms with van der Waals surface area (Å²) in [6.45, 7) is 6.18. The summed E-state index contributed by atoms with van der Waals surface area (Å²) in [5.41, 5.74) is 6.80. The van der Waals surface area contributed by atoms with E-state index in [1.54, 1.807) is 13.2 Å². The van der Waals surface area contributed by atoms with Crippen molar-refractivity contribution in [1.82, 2.24) is 0 Å². The van der Waals surface area contributed by atoms with E-state index in [1.165, 1.54) is 0 Å². The third-order valence-corrected chi connectivity index (χ3v) is 2.64. The topological polar surface area (TPSA) is 44.5 Å². The molecular formula is C14H20ClNO2. The molecule has 4 heteroatoms. The SMILES string of the molecule is C=CCCOc1c(CC(C)N)cc(Cl)cc1OC. The molecule has 0 aromatic heterocycles. The van der Waals surface area contributed by atoms with E-state index in [0.29, 0.717) is 23.8 Å². The Morgan fingerprint density at radius 1 is 1.50 bits per heavy atom. The van der Waals surface area contributed by atoms with Gasteiger partial charge in [-0.2, -0.15) is 0 Å². The van der Waals surface area contributed by atoms with Crippen molar-refractivity contribution >= 4 is 11.6 Å². The molecule has 18 heavy (non-hydrogen) atoms. The molecule has 3 nitrogen and oxygen atoms in total. The molecule has 1 aromatic carbocycles. The molecule has 0 radical (unpaired) electrons. The van der Waals surface area contributed by atoms with Gasteiger partial charge in [0.15, 0.2) is 11.5 Å². The monoisotopic (exact) mass is 269 g/mol. The Hall–Kier alpha value is -1.19. The van der Waals surface area contributed by atoms with Gasteiger partial charge >= 0.3 is 0 Å². The molecule has 0 saturated heterocycles. The number of rotatable bonds is 7. The van der Waals surface area contributed by atoms with Crippen LogP contribution in [0, 0.1) is 0 Å². The van der Waals surface area contributed by atoms with E-state index in [2.05, 4.69) is 6.58 Å². The van der Waals surface area contributed by atoms with Crippen LogP contribution in [0.5, 0.6) is 11.5 Å². The molecule has 1 aromatic rings. The second-order valence-corrected chi connectivity index (χ2v) is 4.64. The van der Waals surface area contributed by atoms with Crippen LogP contribution in [-0.4, -0.2) is 19.8 Å². The van der Waals surface area contributed by atoms with Crippen LogP contribution in [0.3, 0.4) is 0 Å². The van der Waals surface area contributed by atoms with Crippen molar-refractivity contribution in [3.63, 3.8) is 0 Å². The Bertz CT molecular complexity index is 405. The van der Waals surface area contributed by atoms with Crippen molar-refractivity contribution < 1.29 is 9.47 Å². The van der Waals surface area contributed by atoms with Crippen LogP contribution in [0.1, 0.15) is 18.9 Å². The molecular weight excluding hydrogens is 250 g/mol. The van der Waals surface area contributed by atoms with Gasteiger partial charge in [0.2, 0.25) is 0 Å². The molecule has 0 spiro atoms. The molecule has 0 saturated carbocycles. The minimum Gasteiger partial charge on any atom is -0.493 e. The van der Waals surface area contributed by atoms with Gasteiger partial charge in [0.1, 0.15) is 0 Å². The molecule has 0 fully saturated rings. The molecule has 1 unspecified atom stereocenters. The predicted octanol–water partition coefficient (Wildman–Crippen LogP) is 3.19. The minimum atomic E-state index is 0.0370. The van der Waals surface area contributed by atoms with Gasteiger partial charge in [-0.3, -0.25) is 0 Å². The maximum atomic E-state index is 6.05. The van der Waals surface area contributed by atoms with Gasteiger partial charge in [0.05, 0.1) is 13.7 Å². The fourth-order valence-corrected chi connectivity index (χ4v) is 1.91. The smallest absolute Gasteiger partial charge is 0.164 e. The summed E-state index contributed by atoms with van der Waals surface area (Å²) < 4.78 is 11.0. The van der Waals surface area contributed by atoms with Crippen LogP contribution in [0.25, 0.3) is 0 Å².